The van der Waals surface area contributed by atoms with E-state index in [1.807, 2.05) is 13.8 Å². The first kappa shape index (κ1) is 14.0. The Bertz CT molecular complexity index is 523. The Hall–Kier alpha value is -1.10. The molecule has 0 atom stereocenters. The maximum atomic E-state index is 11.9. The van der Waals surface area contributed by atoms with Gasteiger partial charge in [-0.2, -0.15) is 0 Å². The normalized spacial score (nSPS) is 11.8. The van der Waals surface area contributed by atoms with E-state index >= 15 is 0 Å². The van der Waals surface area contributed by atoms with E-state index in [0.717, 1.165) is 11.3 Å². The first-order valence-corrected chi connectivity index (χ1v) is 7.56. The van der Waals surface area contributed by atoms with Crippen molar-refractivity contribution in [1.82, 2.24) is 0 Å². The molecule has 0 radical (unpaired) electrons. The molecule has 0 amide bonds. The lowest BCUT2D eigenvalue weighted by Gasteiger charge is -2.00. The Kier molecular flexibility index (Phi) is 4.14. The van der Waals surface area contributed by atoms with Gasteiger partial charge < -0.3 is 4.42 Å². The molecule has 17 heavy (non-hydrogen) atoms. The van der Waals surface area contributed by atoms with Gasteiger partial charge in [-0.25, -0.2) is 8.42 Å². The van der Waals surface area contributed by atoms with Gasteiger partial charge in [0.25, 0.3) is 0 Å². The molecule has 0 N–H and O–H groups in total. The molecule has 0 spiro atoms. The van der Waals surface area contributed by atoms with E-state index in [1.165, 1.54) is 6.26 Å². The van der Waals surface area contributed by atoms with E-state index in [2.05, 4.69) is 0 Å². The highest BCUT2D eigenvalue weighted by atomic mass is 32.2. The zero-order chi connectivity index (χ0) is 13.2. The quantitative estimate of drug-likeness (QED) is 0.759. The van der Waals surface area contributed by atoms with E-state index in [1.54, 1.807) is 6.92 Å². The van der Waals surface area contributed by atoms with Crippen LogP contribution in [0.25, 0.3) is 0 Å². The van der Waals surface area contributed by atoms with E-state index in [0.29, 0.717) is 17.7 Å². The minimum absolute atomic E-state index is 0.0412. The zero-order valence-corrected chi connectivity index (χ0v) is 11.5. The Labute approximate surface area is 102 Å². The zero-order valence-electron chi connectivity index (χ0n) is 10.7. The number of furan rings is 1. The number of carbonyl (C=O) groups is 1. The van der Waals surface area contributed by atoms with Crippen molar-refractivity contribution in [2.45, 2.75) is 33.6 Å². The largest absolute Gasteiger partial charge is 0.466 e. The summed E-state index contributed by atoms with van der Waals surface area (Å²) < 4.78 is 27.3. The molecule has 1 heterocycles. The molecule has 0 fully saturated rings. The molecule has 0 aliphatic heterocycles. The van der Waals surface area contributed by atoms with Crippen LogP contribution in [0.4, 0.5) is 0 Å². The van der Waals surface area contributed by atoms with Crippen LogP contribution >= 0.6 is 0 Å². The molecule has 1 rings (SSSR count). The van der Waals surface area contributed by atoms with Crippen molar-refractivity contribution in [2.75, 3.05) is 12.0 Å². The van der Waals surface area contributed by atoms with Gasteiger partial charge in [-0.1, -0.05) is 0 Å². The van der Waals surface area contributed by atoms with Crippen LogP contribution in [-0.4, -0.2) is 26.2 Å². The van der Waals surface area contributed by atoms with Crippen molar-refractivity contribution in [1.29, 1.82) is 0 Å². The average Bonchev–Trinajstić information content (AvgIpc) is 2.38. The highest BCUT2D eigenvalue weighted by Crippen LogP contribution is 2.22. The third-order valence-electron chi connectivity index (χ3n) is 2.76. The molecule has 96 valence electrons. The van der Waals surface area contributed by atoms with Crippen LogP contribution in [0, 0.1) is 20.8 Å². The van der Waals surface area contributed by atoms with Crippen LogP contribution in [0.1, 0.15) is 40.3 Å². The second kappa shape index (κ2) is 5.04. The van der Waals surface area contributed by atoms with Crippen LogP contribution in [0.3, 0.4) is 0 Å². The molecule has 1 aromatic rings. The fourth-order valence-corrected chi connectivity index (χ4v) is 2.49. The van der Waals surface area contributed by atoms with Crippen LogP contribution in [0.5, 0.6) is 0 Å². The third-order valence-corrected chi connectivity index (χ3v) is 3.79. The number of hydrogen-bond acceptors (Lipinski definition) is 4. The number of Topliss-reactive ketones (excluding diaryl/α,β-unsaturated/α-hetero) is 1. The lowest BCUT2D eigenvalue weighted by molar-refractivity contribution is 0.0980. The summed E-state index contributed by atoms with van der Waals surface area (Å²) in [6.07, 6.45) is 1.78. The molecule has 4 nitrogen and oxygen atoms in total. The summed E-state index contributed by atoms with van der Waals surface area (Å²) in [5, 5.41) is 0. The molecule has 0 saturated heterocycles. The first-order valence-electron chi connectivity index (χ1n) is 5.50. The van der Waals surface area contributed by atoms with Gasteiger partial charge in [0.1, 0.15) is 21.4 Å². The maximum absolute atomic E-state index is 11.9. The first-order chi connectivity index (χ1) is 7.72. The highest BCUT2D eigenvalue weighted by molar-refractivity contribution is 7.90. The Morgan fingerprint density at radius 2 is 1.76 bits per heavy atom. The van der Waals surface area contributed by atoms with Crippen molar-refractivity contribution >= 4 is 15.6 Å². The Morgan fingerprint density at radius 1 is 1.18 bits per heavy atom. The molecule has 0 bridgehead atoms. The molecule has 0 aromatic carbocycles. The third kappa shape index (κ3) is 3.70. The molecule has 0 unspecified atom stereocenters. The second-order valence-electron chi connectivity index (χ2n) is 4.37. The Morgan fingerprint density at radius 3 is 2.18 bits per heavy atom. The van der Waals surface area contributed by atoms with Gasteiger partial charge in [-0.15, -0.1) is 0 Å². The summed E-state index contributed by atoms with van der Waals surface area (Å²) in [4.78, 5) is 11.9. The maximum Gasteiger partial charge on any atom is 0.166 e. The van der Waals surface area contributed by atoms with E-state index in [9.17, 15) is 13.2 Å². The van der Waals surface area contributed by atoms with Crippen molar-refractivity contribution in [3.63, 3.8) is 0 Å². The van der Waals surface area contributed by atoms with Gasteiger partial charge in [-0.05, 0) is 27.2 Å². The number of sulfone groups is 1. The van der Waals surface area contributed by atoms with E-state index < -0.39 is 9.84 Å². The summed E-state index contributed by atoms with van der Waals surface area (Å²) >= 11 is 0. The highest BCUT2D eigenvalue weighted by Gasteiger charge is 2.18. The van der Waals surface area contributed by atoms with Crippen molar-refractivity contribution in [2.24, 2.45) is 0 Å². The van der Waals surface area contributed by atoms with Gasteiger partial charge in [0.05, 0.1) is 11.3 Å². The molecule has 0 aliphatic rings. The van der Waals surface area contributed by atoms with Crippen molar-refractivity contribution in [3.8, 4) is 0 Å². The van der Waals surface area contributed by atoms with E-state index in [-0.39, 0.29) is 18.0 Å². The van der Waals surface area contributed by atoms with Crippen LogP contribution in [0.2, 0.25) is 0 Å². The molecule has 0 aliphatic carbocycles. The molecule has 1 aromatic heterocycles. The lowest BCUT2D eigenvalue weighted by atomic mass is 10.0. The fourth-order valence-electron chi connectivity index (χ4n) is 1.82. The van der Waals surface area contributed by atoms with Crippen molar-refractivity contribution < 1.29 is 17.6 Å². The number of ketones is 1. The SMILES string of the molecule is Cc1oc(C)c(C(=O)CCCS(C)(=O)=O)c1C. The molecular formula is C12H18O4S. The van der Waals surface area contributed by atoms with Gasteiger partial charge >= 0.3 is 0 Å². The monoisotopic (exact) mass is 258 g/mol. The topological polar surface area (TPSA) is 64.3 Å². The average molecular weight is 258 g/mol. The standard InChI is InChI=1S/C12H18O4S/c1-8-9(2)16-10(3)12(8)11(13)6-5-7-17(4,14)15/h5-7H2,1-4H3. The summed E-state index contributed by atoms with van der Waals surface area (Å²) in [5.41, 5.74) is 1.46. The number of aryl methyl sites for hydroxylation is 2. The number of rotatable bonds is 5. The van der Waals surface area contributed by atoms with Gasteiger partial charge in [0.15, 0.2) is 5.78 Å². The van der Waals surface area contributed by atoms with E-state index in [4.69, 9.17) is 4.42 Å². The summed E-state index contributed by atoms with van der Waals surface area (Å²) in [6, 6.07) is 0. The fraction of sp³-hybridized carbons (Fsp3) is 0.583. The molecule has 5 heteroatoms. The number of carbonyl (C=O) groups excluding carboxylic acids is 1. The van der Waals surface area contributed by atoms with Gasteiger partial charge in [-0.3, -0.25) is 4.79 Å². The van der Waals surface area contributed by atoms with Gasteiger partial charge in [0.2, 0.25) is 0 Å². The Balaban J connectivity index is 2.71. The number of hydrogen-bond donors (Lipinski definition) is 0. The van der Waals surface area contributed by atoms with Crippen LogP contribution in [0.15, 0.2) is 4.42 Å². The molecular weight excluding hydrogens is 240 g/mol. The smallest absolute Gasteiger partial charge is 0.166 e. The predicted octanol–water partition coefficient (Wildman–Crippen LogP) is 2.21. The minimum atomic E-state index is -2.99. The summed E-state index contributed by atoms with van der Waals surface area (Å²) in [5.74, 6) is 1.37. The summed E-state index contributed by atoms with van der Waals surface area (Å²) in [7, 11) is -2.99. The van der Waals surface area contributed by atoms with Crippen LogP contribution < -0.4 is 0 Å². The van der Waals surface area contributed by atoms with Crippen LogP contribution in [-0.2, 0) is 9.84 Å². The molecule has 0 saturated carbocycles. The predicted molar refractivity (Wildman–Crippen MR) is 66.2 cm³/mol. The summed E-state index contributed by atoms with van der Waals surface area (Å²) in [6.45, 7) is 5.41. The second-order valence-corrected chi connectivity index (χ2v) is 6.63. The lowest BCUT2D eigenvalue weighted by Crippen LogP contribution is -2.07. The van der Waals surface area contributed by atoms with Gasteiger partial charge in [0, 0.05) is 18.2 Å². The minimum Gasteiger partial charge on any atom is -0.466 e. The van der Waals surface area contributed by atoms with Crippen molar-refractivity contribution in [3.05, 3.63) is 22.6 Å².